The van der Waals surface area contributed by atoms with Crippen molar-refractivity contribution in [2.24, 2.45) is 0 Å². The molecular weight excluding hydrogens is 334 g/mol. The fraction of sp³-hybridized carbons (Fsp3) is 0.438. The summed E-state index contributed by atoms with van der Waals surface area (Å²) in [5.74, 6) is 0.517. The first kappa shape index (κ1) is 16.5. The van der Waals surface area contributed by atoms with Crippen molar-refractivity contribution in [3.05, 3.63) is 46.2 Å². The van der Waals surface area contributed by atoms with Crippen molar-refractivity contribution in [3.63, 3.8) is 0 Å². The summed E-state index contributed by atoms with van der Waals surface area (Å²) >= 11 is 5.93. The second-order valence-electron chi connectivity index (χ2n) is 6.02. The van der Waals surface area contributed by atoms with E-state index in [2.05, 4.69) is 10.4 Å². The minimum absolute atomic E-state index is 0.0395. The molecule has 3 rings (SSSR count). The molecule has 0 bridgehead atoms. The van der Waals surface area contributed by atoms with Crippen LogP contribution in [0.15, 0.2) is 24.3 Å². The van der Waals surface area contributed by atoms with Gasteiger partial charge in [0.1, 0.15) is 0 Å². The zero-order chi connectivity index (χ0) is 16.6. The van der Waals surface area contributed by atoms with Crippen LogP contribution in [0.25, 0.3) is 5.69 Å². The molecule has 1 aromatic heterocycles. The molecule has 0 amide bonds. The second kappa shape index (κ2) is 6.26. The lowest BCUT2D eigenvalue weighted by molar-refractivity contribution is 0.552. The van der Waals surface area contributed by atoms with E-state index in [1.54, 1.807) is 0 Å². The van der Waals surface area contributed by atoms with Gasteiger partial charge in [-0.25, -0.2) is 13.1 Å². The third kappa shape index (κ3) is 3.59. The lowest BCUT2D eigenvalue weighted by Crippen LogP contribution is -2.29. The average molecular weight is 354 g/mol. The first-order chi connectivity index (χ1) is 10.9. The Morgan fingerprint density at radius 3 is 2.61 bits per heavy atom. The molecule has 1 aromatic carbocycles. The summed E-state index contributed by atoms with van der Waals surface area (Å²) < 4.78 is 25.0. The van der Waals surface area contributed by atoms with Gasteiger partial charge in [-0.15, -0.1) is 0 Å². The summed E-state index contributed by atoms with van der Waals surface area (Å²) in [5.41, 5.74) is 4.08. The number of nitrogens with one attached hydrogen (secondary N) is 1. The predicted octanol–water partition coefficient (Wildman–Crippen LogP) is 2.42. The van der Waals surface area contributed by atoms with Gasteiger partial charge in [0, 0.05) is 28.9 Å². The van der Waals surface area contributed by atoms with Crippen LogP contribution in [0.3, 0.4) is 0 Å². The van der Waals surface area contributed by atoms with Crippen LogP contribution < -0.4 is 5.32 Å². The smallest absolute Gasteiger partial charge is 0.151 e. The number of rotatable bonds is 4. The highest BCUT2D eigenvalue weighted by atomic mass is 35.5. The van der Waals surface area contributed by atoms with E-state index < -0.39 is 9.84 Å². The van der Waals surface area contributed by atoms with E-state index in [0.29, 0.717) is 18.0 Å². The molecule has 0 saturated carbocycles. The number of sulfone groups is 1. The van der Waals surface area contributed by atoms with Crippen LogP contribution in [0.2, 0.25) is 5.02 Å². The molecule has 7 heteroatoms. The minimum atomic E-state index is -2.86. The van der Waals surface area contributed by atoms with E-state index in [0.717, 1.165) is 22.6 Å². The molecule has 2 aromatic rings. The molecule has 0 unspecified atom stereocenters. The zero-order valence-electron chi connectivity index (χ0n) is 13.2. The maximum Gasteiger partial charge on any atom is 0.151 e. The topological polar surface area (TPSA) is 64.0 Å². The van der Waals surface area contributed by atoms with Crippen LogP contribution in [0.5, 0.6) is 0 Å². The van der Waals surface area contributed by atoms with E-state index in [4.69, 9.17) is 11.6 Å². The number of aromatic nitrogens is 2. The first-order valence-electron chi connectivity index (χ1n) is 7.60. The van der Waals surface area contributed by atoms with E-state index >= 15 is 0 Å². The lowest BCUT2D eigenvalue weighted by Gasteiger charge is -2.11. The number of aryl methyl sites for hydroxylation is 1. The summed E-state index contributed by atoms with van der Waals surface area (Å²) in [6.07, 6.45) is 0.686. The van der Waals surface area contributed by atoms with E-state index in [1.807, 2.05) is 42.8 Å². The highest BCUT2D eigenvalue weighted by Gasteiger charge is 2.27. The van der Waals surface area contributed by atoms with Gasteiger partial charge in [0.25, 0.3) is 0 Å². The van der Waals surface area contributed by atoms with E-state index in [-0.39, 0.29) is 17.5 Å². The van der Waals surface area contributed by atoms with Crippen molar-refractivity contribution >= 4 is 21.4 Å². The second-order valence-corrected chi connectivity index (χ2v) is 8.68. The number of nitrogens with zero attached hydrogens (tertiary/aromatic N) is 2. The van der Waals surface area contributed by atoms with Gasteiger partial charge in [0.15, 0.2) is 9.84 Å². The van der Waals surface area contributed by atoms with Crippen LogP contribution in [0.4, 0.5) is 0 Å². The molecule has 1 saturated heterocycles. The van der Waals surface area contributed by atoms with Crippen molar-refractivity contribution in [1.82, 2.24) is 15.1 Å². The lowest BCUT2D eigenvalue weighted by atomic mass is 10.1. The quantitative estimate of drug-likeness (QED) is 0.916. The van der Waals surface area contributed by atoms with E-state index in [1.165, 1.54) is 0 Å². The Morgan fingerprint density at radius 1 is 1.30 bits per heavy atom. The fourth-order valence-electron chi connectivity index (χ4n) is 2.97. The Hall–Kier alpha value is -1.37. The van der Waals surface area contributed by atoms with Gasteiger partial charge in [-0.3, -0.25) is 0 Å². The monoisotopic (exact) mass is 353 g/mol. The maximum absolute atomic E-state index is 11.5. The molecule has 1 atom stereocenters. The van der Waals surface area contributed by atoms with E-state index in [9.17, 15) is 8.42 Å². The minimum Gasteiger partial charge on any atom is -0.309 e. The van der Waals surface area contributed by atoms with Crippen molar-refractivity contribution in [3.8, 4) is 5.69 Å². The molecule has 0 aliphatic carbocycles. The Labute approximate surface area is 141 Å². The predicted molar refractivity (Wildman–Crippen MR) is 91.9 cm³/mol. The zero-order valence-corrected chi connectivity index (χ0v) is 14.8. The third-order valence-corrected chi connectivity index (χ3v) is 6.33. The number of benzene rings is 1. The van der Waals surface area contributed by atoms with Gasteiger partial charge in [-0.05, 0) is 44.5 Å². The van der Waals surface area contributed by atoms with Gasteiger partial charge < -0.3 is 5.32 Å². The third-order valence-electron chi connectivity index (χ3n) is 4.31. The van der Waals surface area contributed by atoms with Crippen molar-refractivity contribution in [2.45, 2.75) is 32.9 Å². The molecule has 1 aliphatic rings. The number of halogens is 1. The van der Waals surface area contributed by atoms with Gasteiger partial charge in [0.2, 0.25) is 0 Å². The highest BCUT2D eigenvalue weighted by molar-refractivity contribution is 7.91. The van der Waals surface area contributed by atoms with Crippen molar-refractivity contribution in [1.29, 1.82) is 0 Å². The summed E-state index contributed by atoms with van der Waals surface area (Å²) in [6, 6.07) is 7.59. The van der Waals surface area contributed by atoms with Gasteiger partial charge in [-0.1, -0.05) is 11.6 Å². The summed E-state index contributed by atoms with van der Waals surface area (Å²) in [6.45, 7) is 4.63. The average Bonchev–Trinajstić information content (AvgIpc) is 2.98. The summed E-state index contributed by atoms with van der Waals surface area (Å²) in [4.78, 5) is 0. The first-order valence-corrected chi connectivity index (χ1v) is 9.80. The number of hydrogen-bond donors (Lipinski definition) is 1. The maximum atomic E-state index is 11.5. The van der Waals surface area contributed by atoms with Gasteiger partial charge in [-0.2, -0.15) is 5.10 Å². The van der Waals surface area contributed by atoms with Crippen LogP contribution in [0.1, 0.15) is 23.4 Å². The van der Waals surface area contributed by atoms with Gasteiger partial charge >= 0.3 is 0 Å². The standard InChI is InChI=1S/C16H20ClN3O2S/c1-11-16(9-18-14-7-8-23(21,22)10-14)12(2)20(19-11)15-5-3-13(17)4-6-15/h3-6,14,18H,7-10H2,1-2H3/t14-/m0/s1. The largest absolute Gasteiger partial charge is 0.309 e. The summed E-state index contributed by atoms with van der Waals surface area (Å²) in [5, 5.41) is 8.65. The van der Waals surface area contributed by atoms with Crippen molar-refractivity contribution in [2.75, 3.05) is 11.5 Å². The van der Waals surface area contributed by atoms with Crippen molar-refractivity contribution < 1.29 is 8.42 Å². The highest BCUT2D eigenvalue weighted by Crippen LogP contribution is 2.20. The SMILES string of the molecule is Cc1nn(-c2ccc(Cl)cc2)c(C)c1CN[C@H]1CCS(=O)(=O)C1. The summed E-state index contributed by atoms with van der Waals surface area (Å²) in [7, 11) is -2.86. The van der Waals surface area contributed by atoms with Crippen LogP contribution in [-0.4, -0.2) is 35.7 Å². The molecule has 124 valence electrons. The number of hydrogen-bond acceptors (Lipinski definition) is 4. The Kier molecular flexibility index (Phi) is 4.49. The van der Waals surface area contributed by atoms with Crippen LogP contribution in [0, 0.1) is 13.8 Å². The molecule has 0 spiro atoms. The molecule has 0 radical (unpaired) electrons. The Morgan fingerprint density at radius 2 is 2.00 bits per heavy atom. The molecule has 2 heterocycles. The van der Waals surface area contributed by atoms with Crippen LogP contribution >= 0.6 is 11.6 Å². The van der Waals surface area contributed by atoms with Crippen LogP contribution in [-0.2, 0) is 16.4 Å². The molecule has 23 heavy (non-hydrogen) atoms. The normalized spacial score (nSPS) is 20.0. The fourth-order valence-corrected chi connectivity index (χ4v) is 4.80. The molecule has 1 N–H and O–H groups in total. The van der Waals surface area contributed by atoms with Gasteiger partial charge in [0.05, 0.1) is 22.9 Å². The Bertz CT molecular complexity index is 813. The Balaban J connectivity index is 1.77. The molecule has 1 fully saturated rings. The molecule has 5 nitrogen and oxygen atoms in total. The molecule has 1 aliphatic heterocycles. The molecular formula is C16H20ClN3O2S.